The zero-order valence-electron chi connectivity index (χ0n) is 19.3. The highest BCUT2D eigenvalue weighted by Gasteiger charge is 2.29. The Morgan fingerprint density at radius 2 is 1.68 bits per heavy atom. The van der Waals surface area contributed by atoms with Crippen LogP contribution in [0.2, 0.25) is 0 Å². The van der Waals surface area contributed by atoms with Crippen molar-refractivity contribution in [2.45, 2.75) is 26.4 Å². The first kappa shape index (κ1) is 21.9. The number of aryl methyl sites for hydroxylation is 1. The van der Waals surface area contributed by atoms with E-state index in [1.807, 2.05) is 28.8 Å². The number of anilines is 1. The van der Waals surface area contributed by atoms with E-state index in [0.29, 0.717) is 35.1 Å². The summed E-state index contributed by atoms with van der Waals surface area (Å²) in [5.41, 5.74) is 1.41. The van der Waals surface area contributed by atoms with Crippen molar-refractivity contribution in [1.29, 1.82) is 0 Å². The molecule has 0 fully saturated rings. The zero-order valence-corrected chi connectivity index (χ0v) is 19.3. The van der Waals surface area contributed by atoms with Crippen LogP contribution in [0.1, 0.15) is 22.8 Å². The SMILES string of the molecule is CC1CN(CCc2ccccc2)c2nc3c(c(=O)n(CC(=O)c4ccccc4)c(=O)n3C)n2C1. The van der Waals surface area contributed by atoms with Crippen molar-refractivity contribution in [2.24, 2.45) is 13.0 Å². The van der Waals surface area contributed by atoms with E-state index >= 15 is 0 Å². The number of carbonyl (C=O) groups is 1. The quantitative estimate of drug-likeness (QED) is 0.416. The van der Waals surface area contributed by atoms with Gasteiger partial charge >= 0.3 is 5.69 Å². The third kappa shape index (κ3) is 3.85. The number of Topliss-reactive ketones (excluding diaryl/α,β-unsaturated/α-hetero) is 1. The summed E-state index contributed by atoms with van der Waals surface area (Å²) in [5, 5.41) is 0. The Kier molecular flexibility index (Phi) is 5.65. The van der Waals surface area contributed by atoms with Gasteiger partial charge in [-0.15, -0.1) is 0 Å². The minimum absolute atomic E-state index is 0.282. The van der Waals surface area contributed by atoms with Crippen molar-refractivity contribution in [2.75, 3.05) is 18.0 Å². The lowest BCUT2D eigenvalue weighted by atomic mass is 10.1. The highest BCUT2D eigenvalue weighted by Crippen LogP contribution is 2.27. The van der Waals surface area contributed by atoms with E-state index in [0.717, 1.165) is 24.1 Å². The molecule has 5 rings (SSSR count). The molecule has 2 aromatic heterocycles. The Labute approximate surface area is 196 Å². The molecule has 8 nitrogen and oxygen atoms in total. The van der Waals surface area contributed by atoms with Crippen LogP contribution in [-0.2, 0) is 26.6 Å². The minimum Gasteiger partial charge on any atom is -0.342 e. The molecule has 1 atom stereocenters. The van der Waals surface area contributed by atoms with Gasteiger partial charge in [-0.1, -0.05) is 67.6 Å². The van der Waals surface area contributed by atoms with Crippen molar-refractivity contribution in [1.82, 2.24) is 18.7 Å². The van der Waals surface area contributed by atoms with Gasteiger partial charge in [0.15, 0.2) is 16.9 Å². The van der Waals surface area contributed by atoms with Crippen LogP contribution in [0.3, 0.4) is 0 Å². The number of fused-ring (bicyclic) bond motifs is 3. The second-order valence-electron chi connectivity index (χ2n) is 9.00. The number of imidazole rings is 1. The highest BCUT2D eigenvalue weighted by molar-refractivity contribution is 5.95. The number of ketones is 1. The number of aromatic nitrogens is 4. The van der Waals surface area contributed by atoms with Gasteiger partial charge in [0.05, 0.1) is 6.54 Å². The predicted octanol–water partition coefficient (Wildman–Crippen LogP) is 2.48. The van der Waals surface area contributed by atoms with Gasteiger partial charge in [0.25, 0.3) is 5.56 Å². The number of carbonyl (C=O) groups excluding carboxylic acids is 1. The maximum absolute atomic E-state index is 13.5. The van der Waals surface area contributed by atoms with Crippen molar-refractivity contribution in [3.05, 3.63) is 92.6 Å². The number of hydrogen-bond donors (Lipinski definition) is 0. The lowest BCUT2D eigenvalue weighted by molar-refractivity contribution is 0.0969. The van der Waals surface area contributed by atoms with Crippen LogP contribution in [-0.4, -0.2) is 37.6 Å². The molecule has 4 aromatic rings. The van der Waals surface area contributed by atoms with Gasteiger partial charge in [0, 0.05) is 32.2 Å². The molecule has 1 aliphatic rings. The molecule has 0 radical (unpaired) electrons. The van der Waals surface area contributed by atoms with Gasteiger partial charge in [0.2, 0.25) is 5.95 Å². The maximum Gasteiger partial charge on any atom is 0.332 e. The molecule has 8 heteroatoms. The summed E-state index contributed by atoms with van der Waals surface area (Å²) in [5.74, 6) is 0.718. The number of hydrogen-bond acceptors (Lipinski definition) is 5. The van der Waals surface area contributed by atoms with Crippen molar-refractivity contribution in [3.8, 4) is 0 Å². The molecule has 0 saturated carbocycles. The van der Waals surface area contributed by atoms with Gasteiger partial charge in [-0.3, -0.25) is 18.7 Å². The molecule has 0 bridgehead atoms. The monoisotopic (exact) mass is 457 g/mol. The Morgan fingerprint density at radius 3 is 2.38 bits per heavy atom. The van der Waals surface area contributed by atoms with Gasteiger partial charge in [-0.25, -0.2) is 4.79 Å². The van der Waals surface area contributed by atoms with Crippen LogP contribution in [0, 0.1) is 5.92 Å². The van der Waals surface area contributed by atoms with Gasteiger partial charge in [-0.2, -0.15) is 4.98 Å². The minimum atomic E-state index is -0.541. The molecular weight excluding hydrogens is 430 g/mol. The van der Waals surface area contributed by atoms with Crippen LogP contribution in [0.5, 0.6) is 0 Å². The molecule has 0 amide bonds. The van der Waals surface area contributed by atoms with E-state index in [-0.39, 0.29) is 12.3 Å². The van der Waals surface area contributed by atoms with Crippen LogP contribution >= 0.6 is 0 Å². The first-order chi connectivity index (χ1) is 16.4. The molecule has 0 aliphatic carbocycles. The van der Waals surface area contributed by atoms with Crippen LogP contribution in [0.4, 0.5) is 5.95 Å². The largest absolute Gasteiger partial charge is 0.342 e. The lowest BCUT2D eigenvalue weighted by Gasteiger charge is -2.33. The van der Waals surface area contributed by atoms with E-state index in [9.17, 15) is 14.4 Å². The standard InChI is InChI=1S/C26H27N5O3/c1-18-15-29(14-13-19-9-5-3-6-10-19)25-27-23-22(30(25)16-18)24(33)31(26(34)28(23)2)17-21(32)20-11-7-4-8-12-20/h3-12,18H,13-17H2,1-2H3. The second kappa shape index (κ2) is 8.78. The van der Waals surface area contributed by atoms with E-state index in [1.54, 1.807) is 31.3 Å². The molecular formula is C26H27N5O3. The van der Waals surface area contributed by atoms with E-state index < -0.39 is 11.2 Å². The van der Waals surface area contributed by atoms with Crippen LogP contribution < -0.4 is 16.1 Å². The fourth-order valence-corrected chi connectivity index (χ4v) is 4.70. The summed E-state index contributed by atoms with van der Waals surface area (Å²) in [6.45, 7) is 4.05. The summed E-state index contributed by atoms with van der Waals surface area (Å²) in [7, 11) is 1.60. The Bertz CT molecular complexity index is 1470. The topological polar surface area (TPSA) is 82.1 Å². The third-order valence-electron chi connectivity index (χ3n) is 6.43. The molecule has 1 aliphatic heterocycles. The molecule has 0 N–H and O–H groups in total. The average Bonchev–Trinajstić information content (AvgIpc) is 3.24. The Balaban J connectivity index is 1.56. The zero-order chi connectivity index (χ0) is 23.8. The Morgan fingerprint density at radius 1 is 1.00 bits per heavy atom. The summed E-state index contributed by atoms with van der Waals surface area (Å²) in [4.78, 5) is 46.3. The van der Waals surface area contributed by atoms with Gasteiger partial charge in [-0.05, 0) is 17.9 Å². The van der Waals surface area contributed by atoms with Gasteiger partial charge < -0.3 is 9.47 Å². The molecule has 1 unspecified atom stereocenters. The van der Waals surface area contributed by atoms with Crippen LogP contribution in [0.15, 0.2) is 70.3 Å². The van der Waals surface area contributed by atoms with Gasteiger partial charge in [0.1, 0.15) is 0 Å². The summed E-state index contributed by atoms with van der Waals surface area (Å²) in [6, 6.07) is 19.0. The smallest absolute Gasteiger partial charge is 0.332 e. The molecule has 2 aromatic carbocycles. The molecule has 3 heterocycles. The van der Waals surface area contributed by atoms with Crippen molar-refractivity contribution >= 4 is 22.9 Å². The van der Waals surface area contributed by atoms with Crippen LogP contribution in [0.25, 0.3) is 11.2 Å². The summed E-state index contributed by atoms with van der Waals surface area (Å²) < 4.78 is 4.32. The fraction of sp³-hybridized carbons (Fsp3) is 0.308. The van der Waals surface area contributed by atoms with Crippen molar-refractivity contribution in [3.63, 3.8) is 0 Å². The first-order valence-corrected chi connectivity index (χ1v) is 11.5. The number of rotatable bonds is 6. The molecule has 0 spiro atoms. The summed E-state index contributed by atoms with van der Waals surface area (Å²) >= 11 is 0. The Hall–Kier alpha value is -3.94. The normalized spacial score (nSPS) is 15.5. The van der Waals surface area contributed by atoms with E-state index in [2.05, 4.69) is 24.0 Å². The average molecular weight is 458 g/mol. The third-order valence-corrected chi connectivity index (χ3v) is 6.43. The summed E-state index contributed by atoms with van der Waals surface area (Å²) in [6.07, 6.45) is 0.853. The van der Waals surface area contributed by atoms with E-state index in [1.165, 1.54) is 10.1 Å². The highest BCUT2D eigenvalue weighted by atomic mass is 16.2. The number of benzene rings is 2. The van der Waals surface area contributed by atoms with Crippen molar-refractivity contribution < 1.29 is 4.79 Å². The maximum atomic E-state index is 13.5. The lowest BCUT2D eigenvalue weighted by Crippen LogP contribution is -2.42. The predicted molar refractivity (Wildman–Crippen MR) is 132 cm³/mol. The first-order valence-electron chi connectivity index (χ1n) is 11.5. The second-order valence-corrected chi connectivity index (χ2v) is 9.00. The molecule has 0 saturated heterocycles. The molecule has 34 heavy (non-hydrogen) atoms. The van der Waals surface area contributed by atoms with E-state index in [4.69, 9.17) is 4.98 Å². The fourth-order valence-electron chi connectivity index (χ4n) is 4.70. The molecule has 174 valence electrons. The number of nitrogens with zero attached hydrogens (tertiary/aromatic N) is 5.